The fourth-order valence-electron chi connectivity index (χ4n) is 9.60. The first-order valence-corrected chi connectivity index (χ1v) is 22.1. The zero-order valence-corrected chi connectivity index (χ0v) is 34.2. The Kier molecular flexibility index (Phi) is 11.2. The fraction of sp³-hybridized carbons (Fsp3) is 0.271. The van der Waals surface area contributed by atoms with Gasteiger partial charge in [-0.05, 0) is 100 Å². The van der Waals surface area contributed by atoms with Crippen LogP contribution in [-0.4, -0.2) is 55.1 Å². The first-order chi connectivity index (χ1) is 28.1. The van der Waals surface area contributed by atoms with E-state index >= 15 is 0 Å². The lowest BCUT2D eigenvalue weighted by Crippen LogP contribution is -2.66. The second-order valence-electron chi connectivity index (χ2n) is 16.6. The highest BCUT2D eigenvalue weighted by Gasteiger charge is 2.58. The number of benzene rings is 4. The van der Waals surface area contributed by atoms with E-state index in [0.717, 1.165) is 32.8 Å². The van der Waals surface area contributed by atoms with Gasteiger partial charge in [-0.2, -0.15) is 0 Å². The molecule has 10 heteroatoms. The van der Waals surface area contributed by atoms with E-state index in [1.165, 1.54) is 4.90 Å². The third kappa shape index (κ3) is 7.42. The summed E-state index contributed by atoms with van der Waals surface area (Å²) in [7, 11) is -4.15. The molecule has 0 bridgehead atoms. The zero-order valence-electron chi connectivity index (χ0n) is 33.2. The minimum Gasteiger partial charge on any atom is -0.507 e. The van der Waals surface area contributed by atoms with E-state index < -0.39 is 39.3 Å². The molecule has 8 rings (SSSR count). The summed E-state index contributed by atoms with van der Waals surface area (Å²) < 4.78 is 14.0. The highest BCUT2D eigenvalue weighted by molar-refractivity contribution is 6.99. The van der Waals surface area contributed by atoms with Gasteiger partial charge < -0.3 is 19.2 Å². The number of para-hydroxylation sites is 2. The van der Waals surface area contributed by atoms with Crippen molar-refractivity contribution in [2.75, 3.05) is 11.5 Å². The molecule has 294 valence electrons. The quantitative estimate of drug-likeness (QED) is 0.0803. The molecule has 0 unspecified atom stereocenters. The van der Waals surface area contributed by atoms with Gasteiger partial charge in [0.15, 0.2) is 0 Å². The molecule has 2 aliphatic heterocycles. The van der Waals surface area contributed by atoms with Crippen LogP contribution in [0.2, 0.25) is 11.4 Å². The molecule has 1 aromatic heterocycles. The summed E-state index contributed by atoms with van der Waals surface area (Å²) in [5, 5.41) is 24.2. The molecular weight excluding hydrogens is 739 g/mol. The monoisotopic (exact) mass is 788 g/mol. The van der Waals surface area contributed by atoms with Gasteiger partial charge in [-0.3, -0.25) is 19.5 Å². The number of phenols is 1. The van der Waals surface area contributed by atoms with Crippen molar-refractivity contribution in [3.63, 3.8) is 0 Å². The molecule has 0 saturated carbocycles. The lowest BCUT2D eigenvalue weighted by Gasteiger charge is -2.46. The second kappa shape index (κ2) is 16.5. The molecule has 58 heavy (non-hydrogen) atoms. The summed E-state index contributed by atoms with van der Waals surface area (Å²) in [5.41, 5.74) is 4.78. The van der Waals surface area contributed by atoms with E-state index in [9.17, 15) is 19.7 Å². The maximum atomic E-state index is 14.5. The average molecular weight is 789 g/mol. The van der Waals surface area contributed by atoms with Crippen LogP contribution in [0.1, 0.15) is 51.3 Å². The number of carbonyl (C=O) groups excluding carboxylic acids is 2. The molecule has 2 N–H and O–H groups in total. The number of aromatic nitrogens is 1. The van der Waals surface area contributed by atoms with Crippen LogP contribution in [0.4, 0.5) is 5.69 Å². The van der Waals surface area contributed by atoms with E-state index in [4.69, 9.17) is 9.08 Å². The van der Waals surface area contributed by atoms with E-state index in [0.29, 0.717) is 30.5 Å². The third-order valence-corrected chi connectivity index (χ3v) is 17.1. The summed E-state index contributed by atoms with van der Waals surface area (Å²) in [4.78, 5) is 35.0. The van der Waals surface area contributed by atoms with Crippen LogP contribution >= 0.6 is 0 Å². The van der Waals surface area contributed by atoms with Gasteiger partial charge in [0.1, 0.15) is 5.75 Å². The van der Waals surface area contributed by atoms with Crippen molar-refractivity contribution in [3.8, 4) is 5.75 Å². The van der Waals surface area contributed by atoms with Crippen molar-refractivity contribution >= 4 is 55.0 Å². The number of phenolic OH excluding ortho intramolecular Hbond substituents is 1. The van der Waals surface area contributed by atoms with Crippen molar-refractivity contribution in [2.45, 2.75) is 57.5 Å². The Hall–Kier alpha value is -5.39. The number of amides is 2. The topological polar surface area (TPSA) is 109 Å². The Morgan fingerprint density at radius 1 is 0.845 bits per heavy atom. The fourth-order valence-corrected chi connectivity index (χ4v) is 14.1. The number of rotatable bonds is 11. The van der Waals surface area contributed by atoms with Gasteiger partial charge in [0, 0.05) is 11.8 Å². The summed E-state index contributed by atoms with van der Waals surface area (Å²) in [5.74, 6) is -1.98. The third-order valence-electron chi connectivity index (χ3n) is 12.1. The van der Waals surface area contributed by atoms with Crippen LogP contribution in [0.5, 0.6) is 5.75 Å². The number of allylic oxidation sites excluding steroid dienone is 1. The molecular formula is C48H49BN2O6Si. The van der Waals surface area contributed by atoms with Gasteiger partial charge in [-0.1, -0.05) is 124 Å². The SMILES string of the molecule is CC(C)(C)[Si](OCC1=C2[C@@H](CC/C(=C/c3ccccc3O)c3ccccn3)OB(O)C[C@@H]2[C@@H]2C(=O)N(c3ccccc3)C(=O)[C@@H]2C1)(c1ccccc1)c1ccccc1. The standard InChI is InChI=1S/C48H49BN2O6Si/c1-48(2,3)58(37-20-9-5-10-21-37,38-22-11-6-12-23-38)56-32-35-30-39-45(47(54)51(46(39)53)36-18-7-4-8-19-36)40-31-49(55)57-43(44(35)40)27-26-33(41-24-15-16-28-50-41)29-34-17-13-14-25-42(34)52/h4-25,28-29,39-40,43,45,52,55H,26-27,30-32H2,1-3H3/b33-29-/t39-,40+,43-,45-/m1/s1. The number of aromatic hydroxyl groups is 1. The van der Waals surface area contributed by atoms with Gasteiger partial charge in [-0.25, -0.2) is 0 Å². The van der Waals surface area contributed by atoms with Gasteiger partial charge in [0.2, 0.25) is 11.8 Å². The van der Waals surface area contributed by atoms with Gasteiger partial charge in [0.05, 0.1) is 35.9 Å². The molecule has 8 nitrogen and oxygen atoms in total. The Morgan fingerprint density at radius 2 is 1.47 bits per heavy atom. The lowest BCUT2D eigenvalue weighted by molar-refractivity contribution is -0.122. The van der Waals surface area contributed by atoms with E-state index in [1.54, 1.807) is 30.5 Å². The van der Waals surface area contributed by atoms with Crippen molar-refractivity contribution in [2.24, 2.45) is 17.8 Å². The summed E-state index contributed by atoms with van der Waals surface area (Å²) in [6.07, 6.45) is 4.62. The van der Waals surface area contributed by atoms with Crippen LogP contribution in [0.25, 0.3) is 11.6 Å². The Bertz CT molecular complexity index is 2280. The number of nitrogens with zero attached hydrogens (tertiary/aromatic N) is 2. The number of anilines is 1. The molecule has 2 fully saturated rings. The van der Waals surface area contributed by atoms with Gasteiger partial charge in [0.25, 0.3) is 8.32 Å². The lowest BCUT2D eigenvalue weighted by atomic mass is 9.58. The molecule has 1 aliphatic carbocycles. The molecule has 4 aromatic carbocycles. The number of fused-ring (bicyclic) bond motifs is 3. The van der Waals surface area contributed by atoms with Gasteiger partial charge >= 0.3 is 7.12 Å². The molecule has 0 radical (unpaired) electrons. The predicted octanol–water partition coefficient (Wildman–Crippen LogP) is 7.69. The van der Waals surface area contributed by atoms with E-state index in [1.807, 2.05) is 66.7 Å². The average Bonchev–Trinajstić information content (AvgIpc) is 3.49. The molecule has 4 atom stereocenters. The van der Waals surface area contributed by atoms with E-state index in [2.05, 4.69) is 74.3 Å². The van der Waals surface area contributed by atoms with Crippen molar-refractivity contribution in [1.82, 2.24) is 4.98 Å². The highest BCUT2D eigenvalue weighted by atomic mass is 28.4. The predicted molar refractivity (Wildman–Crippen MR) is 232 cm³/mol. The van der Waals surface area contributed by atoms with E-state index in [-0.39, 0.29) is 35.5 Å². The summed E-state index contributed by atoms with van der Waals surface area (Å²) in [6, 6.07) is 43.0. The largest absolute Gasteiger partial charge is 0.507 e. The molecule has 2 saturated heterocycles. The first-order valence-electron chi connectivity index (χ1n) is 20.2. The van der Waals surface area contributed by atoms with Crippen LogP contribution < -0.4 is 15.3 Å². The summed E-state index contributed by atoms with van der Waals surface area (Å²) in [6.45, 7) is 6.97. The van der Waals surface area contributed by atoms with Crippen LogP contribution in [0.15, 0.2) is 151 Å². The minimum absolute atomic E-state index is 0.163. The number of pyridine rings is 1. The van der Waals surface area contributed by atoms with Crippen molar-refractivity contribution < 1.29 is 28.8 Å². The van der Waals surface area contributed by atoms with Crippen LogP contribution in [0.3, 0.4) is 0 Å². The van der Waals surface area contributed by atoms with Crippen LogP contribution in [-0.2, 0) is 18.7 Å². The molecule has 5 aromatic rings. The smallest absolute Gasteiger partial charge is 0.455 e. The summed E-state index contributed by atoms with van der Waals surface area (Å²) >= 11 is 0. The first kappa shape index (κ1) is 39.4. The number of imide groups is 1. The minimum atomic E-state index is -3.01. The van der Waals surface area contributed by atoms with Gasteiger partial charge in [-0.15, -0.1) is 0 Å². The Balaban J connectivity index is 1.23. The second-order valence-corrected chi connectivity index (χ2v) is 20.9. The number of hydrogen-bond donors (Lipinski definition) is 2. The Morgan fingerprint density at radius 3 is 2.09 bits per heavy atom. The molecule has 3 heterocycles. The maximum absolute atomic E-state index is 14.5. The highest BCUT2D eigenvalue weighted by Crippen LogP contribution is 2.52. The molecule has 0 spiro atoms. The molecule has 3 aliphatic rings. The van der Waals surface area contributed by atoms with Crippen LogP contribution in [0, 0.1) is 17.8 Å². The normalized spacial score (nSPS) is 21.3. The maximum Gasteiger partial charge on any atom is 0.455 e. The number of hydrogen-bond acceptors (Lipinski definition) is 7. The zero-order chi connectivity index (χ0) is 40.4. The molecule has 2 amide bonds. The Labute approximate surface area is 342 Å². The van der Waals surface area contributed by atoms with Crippen molar-refractivity contribution in [3.05, 3.63) is 162 Å². The van der Waals surface area contributed by atoms with Crippen molar-refractivity contribution in [1.29, 1.82) is 0 Å². The number of carbonyl (C=O) groups is 2.